The van der Waals surface area contributed by atoms with Crippen LogP contribution >= 0.6 is 0 Å². The molecule has 1 atom stereocenters. The van der Waals surface area contributed by atoms with E-state index in [-0.39, 0.29) is 11.0 Å². The molecule has 0 bridgehead atoms. The Balaban J connectivity index is 1.26. The molecule has 0 spiro atoms. The van der Waals surface area contributed by atoms with Gasteiger partial charge in [0.25, 0.3) is 10.0 Å². The van der Waals surface area contributed by atoms with Crippen molar-refractivity contribution in [2.75, 3.05) is 49.1 Å². The van der Waals surface area contributed by atoms with E-state index in [0.717, 1.165) is 38.2 Å². The molecule has 2 aliphatic heterocycles. The van der Waals surface area contributed by atoms with Gasteiger partial charge in [-0.1, -0.05) is 18.2 Å². The molecule has 2 aromatic rings. The van der Waals surface area contributed by atoms with Gasteiger partial charge in [0.05, 0.1) is 30.8 Å². The molecule has 0 aromatic heterocycles. The summed E-state index contributed by atoms with van der Waals surface area (Å²) in [6.07, 6.45) is 2.29. The van der Waals surface area contributed by atoms with E-state index in [9.17, 15) is 8.42 Å². The molecule has 0 aliphatic carbocycles. The maximum atomic E-state index is 12.5. The first-order valence-corrected chi connectivity index (χ1v) is 11.9. The fraction of sp³-hybridized carbons (Fsp3) is 0.455. The second kappa shape index (κ2) is 9.78. The number of ether oxygens (including phenoxy) is 2. The molecule has 2 aliphatic rings. The van der Waals surface area contributed by atoms with Crippen molar-refractivity contribution in [1.82, 2.24) is 5.32 Å². The van der Waals surface area contributed by atoms with Crippen LogP contribution < -0.4 is 14.9 Å². The molecule has 162 valence electrons. The highest BCUT2D eigenvalue weighted by Crippen LogP contribution is 2.23. The van der Waals surface area contributed by atoms with Crippen molar-refractivity contribution in [3.63, 3.8) is 0 Å². The van der Waals surface area contributed by atoms with E-state index in [1.54, 1.807) is 30.3 Å². The number of nitrogens with zero attached hydrogens (tertiary/aromatic N) is 1. The molecule has 8 heteroatoms. The third-order valence-electron chi connectivity index (χ3n) is 5.55. The lowest BCUT2D eigenvalue weighted by molar-refractivity contribution is -0.0872. The van der Waals surface area contributed by atoms with E-state index < -0.39 is 10.0 Å². The average molecular weight is 432 g/mol. The number of piperidine rings is 1. The van der Waals surface area contributed by atoms with E-state index in [1.165, 1.54) is 0 Å². The highest BCUT2D eigenvalue weighted by Gasteiger charge is 2.22. The molecule has 0 saturated carbocycles. The molecular weight excluding hydrogens is 402 g/mol. The van der Waals surface area contributed by atoms with Crippen molar-refractivity contribution < 1.29 is 17.9 Å². The SMILES string of the molecule is O=S(=O)(Nc1ccc(N2CCC(NC[C@H]3COCCO3)CC2)cc1)c1ccccc1. The van der Waals surface area contributed by atoms with Gasteiger partial charge >= 0.3 is 0 Å². The van der Waals surface area contributed by atoms with Crippen LogP contribution in [0, 0.1) is 0 Å². The van der Waals surface area contributed by atoms with Crippen molar-refractivity contribution in [2.45, 2.75) is 29.9 Å². The Labute approximate surface area is 178 Å². The normalized spacial score (nSPS) is 20.8. The molecule has 0 unspecified atom stereocenters. The number of hydrogen-bond acceptors (Lipinski definition) is 6. The number of hydrogen-bond donors (Lipinski definition) is 2. The minimum Gasteiger partial charge on any atom is -0.376 e. The third kappa shape index (κ3) is 5.51. The van der Waals surface area contributed by atoms with Gasteiger partial charge in [0.1, 0.15) is 0 Å². The van der Waals surface area contributed by atoms with Crippen LogP contribution in [0.1, 0.15) is 12.8 Å². The van der Waals surface area contributed by atoms with Crippen LogP contribution in [0.25, 0.3) is 0 Å². The summed E-state index contributed by atoms with van der Waals surface area (Å²) < 4.78 is 38.7. The average Bonchev–Trinajstić information content (AvgIpc) is 2.80. The van der Waals surface area contributed by atoms with Gasteiger partial charge < -0.3 is 19.7 Å². The molecule has 2 fully saturated rings. The summed E-state index contributed by atoms with van der Waals surface area (Å²) in [4.78, 5) is 2.60. The Bertz CT molecular complexity index is 892. The Kier molecular flexibility index (Phi) is 6.89. The lowest BCUT2D eigenvalue weighted by Crippen LogP contribution is -2.46. The highest BCUT2D eigenvalue weighted by molar-refractivity contribution is 7.92. The summed E-state index contributed by atoms with van der Waals surface area (Å²) in [6.45, 7) is 4.82. The van der Waals surface area contributed by atoms with Gasteiger partial charge in [0.15, 0.2) is 0 Å². The predicted octanol–water partition coefficient (Wildman–Crippen LogP) is 2.46. The lowest BCUT2D eigenvalue weighted by atomic mass is 10.0. The predicted molar refractivity (Wildman–Crippen MR) is 117 cm³/mol. The van der Waals surface area contributed by atoms with Gasteiger partial charge in [0.2, 0.25) is 0 Å². The zero-order valence-electron chi connectivity index (χ0n) is 17.0. The molecule has 0 radical (unpaired) electrons. The first kappa shape index (κ1) is 21.1. The maximum absolute atomic E-state index is 12.5. The number of anilines is 2. The van der Waals surface area contributed by atoms with Crippen molar-refractivity contribution >= 4 is 21.4 Å². The second-order valence-electron chi connectivity index (χ2n) is 7.70. The van der Waals surface area contributed by atoms with Gasteiger partial charge in [-0.05, 0) is 49.2 Å². The fourth-order valence-electron chi connectivity index (χ4n) is 3.85. The minimum atomic E-state index is -3.57. The van der Waals surface area contributed by atoms with Crippen LogP contribution in [0.4, 0.5) is 11.4 Å². The van der Waals surface area contributed by atoms with Gasteiger partial charge in [-0.3, -0.25) is 4.72 Å². The first-order valence-electron chi connectivity index (χ1n) is 10.5. The molecule has 0 amide bonds. The second-order valence-corrected chi connectivity index (χ2v) is 9.39. The quantitative estimate of drug-likeness (QED) is 0.701. The molecule has 2 aromatic carbocycles. The van der Waals surface area contributed by atoms with Crippen molar-refractivity contribution in [1.29, 1.82) is 0 Å². The van der Waals surface area contributed by atoms with Gasteiger partial charge in [-0.25, -0.2) is 8.42 Å². The summed E-state index contributed by atoms with van der Waals surface area (Å²) in [5, 5.41) is 3.61. The van der Waals surface area contributed by atoms with Gasteiger partial charge in [-0.15, -0.1) is 0 Å². The van der Waals surface area contributed by atoms with Gasteiger partial charge in [-0.2, -0.15) is 0 Å². The third-order valence-corrected chi connectivity index (χ3v) is 6.95. The van der Waals surface area contributed by atoms with E-state index in [0.29, 0.717) is 31.5 Å². The summed E-state index contributed by atoms with van der Waals surface area (Å²) in [5.74, 6) is 0. The van der Waals surface area contributed by atoms with Crippen molar-refractivity contribution in [3.8, 4) is 0 Å². The first-order chi connectivity index (χ1) is 14.6. The Morgan fingerprint density at radius 3 is 2.37 bits per heavy atom. The largest absolute Gasteiger partial charge is 0.376 e. The Hall–Kier alpha value is -2.13. The topological polar surface area (TPSA) is 79.9 Å². The molecule has 30 heavy (non-hydrogen) atoms. The smallest absolute Gasteiger partial charge is 0.261 e. The number of nitrogens with one attached hydrogen (secondary N) is 2. The molecular formula is C22H29N3O4S. The Morgan fingerprint density at radius 1 is 0.967 bits per heavy atom. The van der Waals surface area contributed by atoms with E-state index in [4.69, 9.17) is 9.47 Å². The van der Waals surface area contributed by atoms with E-state index in [2.05, 4.69) is 14.9 Å². The zero-order valence-corrected chi connectivity index (χ0v) is 17.8. The van der Waals surface area contributed by atoms with Gasteiger partial charge in [0, 0.05) is 37.1 Å². The van der Waals surface area contributed by atoms with E-state index >= 15 is 0 Å². The molecule has 2 saturated heterocycles. The molecule has 4 rings (SSSR count). The van der Waals surface area contributed by atoms with Crippen LogP contribution in [0.2, 0.25) is 0 Å². The van der Waals surface area contributed by atoms with E-state index in [1.807, 2.05) is 24.3 Å². The summed E-state index contributed by atoms with van der Waals surface area (Å²) in [7, 11) is -3.57. The fourth-order valence-corrected chi connectivity index (χ4v) is 4.93. The number of rotatable bonds is 7. The maximum Gasteiger partial charge on any atom is 0.261 e. The van der Waals surface area contributed by atoms with Crippen molar-refractivity contribution in [3.05, 3.63) is 54.6 Å². The Morgan fingerprint density at radius 2 is 1.70 bits per heavy atom. The lowest BCUT2D eigenvalue weighted by Gasteiger charge is -2.35. The molecule has 2 N–H and O–H groups in total. The highest BCUT2D eigenvalue weighted by atomic mass is 32.2. The molecule has 7 nitrogen and oxygen atoms in total. The standard InChI is InChI=1S/C22H29N3O4S/c26-30(27,22-4-2-1-3-5-22)24-19-6-8-20(9-7-19)25-12-10-18(11-13-25)23-16-21-17-28-14-15-29-21/h1-9,18,21,23-24H,10-17H2/t21-/m0/s1. The zero-order chi connectivity index (χ0) is 20.8. The monoisotopic (exact) mass is 431 g/mol. The summed E-state index contributed by atoms with van der Waals surface area (Å²) in [6, 6.07) is 16.5. The molecule has 2 heterocycles. The summed E-state index contributed by atoms with van der Waals surface area (Å²) >= 11 is 0. The minimum absolute atomic E-state index is 0.156. The number of sulfonamides is 1. The van der Waals surface area contributed by atoms with Crippen LogP contribution in [0.15, 0.2) is 59.5 Å². The van der Waals surface area contributed by atoms with Crippen LogP contribution in [0.5, 0.6) is 0 Å². The summed E-state index contributed by atoms with van der Waals surface area (Å²) in [5.41, 5.74) is 1.67. The number of benzene rings is 2. The van der Waals surface area contributed by atoms with Crippen molar-refractivity contribution in [2.24, 2.45) is 0 Å². The van der Waals surface area contributed by atoms with Crippen LogP contribution in [0.3, 0.4) is 0 Å². The van der Waals surface area contributed by atoms with Crippen LogP contribution in [-0.2, 0) is 19.5 Å². The van der Waals surface area contributed by atoms with Crippen LogP contribution in [-0.4, -0.2) is 60.0 Å².